The molecule has 6 heteroatoms. The van der Waals surface area contributed by atoms with Gasteiger partial charge in [-0.05, 0) is 52.1 Å². The summed E-state index contributed by atoms with van der Waals surface area (Å²) in [7, 11) is 1.68. The largest absolute Gasteiger partial charge is 0.383 e. The van der Waals surface area contributed by atoms with Crippen LogP contribution in [-0.2, 0) is 4.74 Å². The average molecular weight is 419 g/mol. The molecule has 1 N–H and O–H groups in total. The molecule has 1 unspecified atom stereocenters. The maximum atomic E-state index is 5.01. The molecule has 0 saturated heterocycles. The molecule has 0 fully saturated rings. The summed E-state index contributed by atoms with van der Waals surface area (Å²) in [6.45, 7) is 2.67. The van der Waals surface area contributed by atoms with Crippen LogP contribution in [-0.4, -0.2) is 29.7 Å². The zero-order valence-electron chi connectivity index (χ0n) is 7.92. The van der Waals surface area contributed by atoms with E-state index < -0.39 is 0 Å². The fourth-order valence-corrected chi connectivity index (χ4v) is 2.61. The lowest BCUT2D eigenvalue weighted by molar-refractivity contribution is 0.190. The second kappa shape index (κ2) is 6.01. The highest BCUT2D eigenvalue weighted by Gasteiger charge is 2.05. The molecule has 0 radical (unpaired) electrons. The molecule has 1 rings (SSSR count). The lowest BCUT2D eigenvalue weighted by Crippen LogP contribution is -2.22. The zero-order chi connectivity index (χ0) is 10.6. The van der Waals surface area contributed by atoms with Gasteiger partial charge in [-0.25, -0.2) is 9.97 Å². The lowest BCUT2D eigenvalue weighted by atomic mass is 10.4. The Balaban J connectivity index is 2.66. The first-order valence-electron chi connectivity index (χ1n) is 4.07. The summed E-state index contributed by atoms with van der Waals surface area (Å²) < 4.78 is 6.89. The number of nitrogens with zero attached hydrogens (tertiary/aromatic N) is 2. The molecule has 0 spiro atoms. The minimum absolute atomic E-state index is 0.217. The van der Waals surface area contributed by atoms with Crippen LogP contribution in [0.1, 0.15) is 6.92 Å². The van der Waals surface area contributed by atoms with Crippen LogP contribution in [0, 0.1) is 7.40 Å². The summed E-state index contributed by atoms with van der Waals surface area (Å²) in [6, 6.07) is 2.14. The number of anilines is 1. The Labute approximate surface area is 111 Å². The molecule has 1 atom stereocenters. The van der Waals surface area contributed by atoms with E-state index in [2.05, 4.69) is 60.5 Å². The molecule has 0 aliphatic carbocycles. The molecule has 0 aliphatic heterocycles. The third-order valence-corrected chi connectivity index (χ3v) is 2.56. The number of nitrogens with one attached hydrogen (secondary N) is 1. The monoisotopic (exact) mass is 419 g/mol. The number of rotatable bonds is 4. The average Bonchev–Trinajstić information content (AvgIpc) is 2.01. The third kappa shape index (κ3) is 4.22. The fraction of sp³-hybridized carbons (Fsp3) is 0.500. The normalized spacial score (nSPS) is 12.6. The van der Waals surface area contributed by atoms with Crippen LogP contribution in [0.25, 0.3) is 0 Å². The maximum Gasteiger partial charge on any atom is 0.224 e. The quantitative estimate of drug-likeness (QED) is 0.601. The fourth-order valence-electron chi connectivity index (χ4n) is 0.967. The van der Waals surface area contributed by atoms with E-state index in [1.165, 1.54) is 0 Å². The van der Waals surface area contributed by atoms with Crippen molar-refractivity contribution in [1.82, 2.24) is 9.97 Å². The number of methoxy groups -OCH3 is 1. The van der Waals surface area contributed by atoms with Crippen molar-refractivity contribution in [1.29, 1.82) is 0 Å². The van der Waals surface area contributed by atoms with E-state index in [1.54, 1.807) is 7.11 Å². The van der Waals surface area contributed by atoms with Crippen molar-refractivity contribution < 1.29 is 4.74 Å². The van der Waals surface area contributed by atoms with Crippen molar-refractivity contribution >= 4 is 51.1 Å². The molecule has 1 heterocycles. The van der Waals surface area contributed by atoms with E-state index in [9.17, 15) is 0 Å². The van der Waals surface area contributed by atoms with Gasteiger partial charge < -0.3 is 10.1 Å². The summed E-state index contributed by atoms with van der Waals surface area (Å²) >= 11 is 4.34. The first kappa shape index (κ1) is 12.4. The van der Waals surface area contributed by atoms with E-state index in [4.69, 9.17) is 4.74 Å². The highest BCUT2D eigenvalue weighted by molar-refractivity contribution is 14.1. The van der Waals surface area contributed by atoms with Crippen LogP contribution in [0.15, 0.2) is 6.07 Å². The Bertz CT molecular complexity index is 288. The van der Waals surface area contributed by atoms with Crippen LogP contribution in [0.3, 0.4) is 0 Å². The van der Waals surface area contributed by atoms with Crippen molar-refractivity contribution in [3.8, 4) is 0 Å². The van der Waals surface area contributed by atoms with Crippen LogP contribution in [0.5, 0.6) is 0 Å². The third-order valence-electron chi connectivity index (χ3n) is 1.46. The first-order chi connectivity index (χ1) is 6.61. The van der Waals surface area contributed by atoms with Gasteiger partial charge in [-0.15, -0.1) is 0 Å². The van der Waals surface area contributed by atoms with E-state index in [-0.39, 0.29) is 6.04 Å². The number of ether oxygens (including phenoxy) is 1. The Morgan fingerprint density at radius 3 is 2.50 bits per heavy atom. The van der Waals surface area contributed by atoms with Crippen molar-refractivity contribution in [3.05, 3.63) is 13.5 Å². The van der Waals surface area contributed by atoms with Gasteiger partial charge in [-0.2, -0.15) is 0 Å². The van der Waals surface area contributed by atoms with Gasteiger partial charge in [0.25, 0.3) is 0 Å². The molecule has 78 valence electrons. The second-order valence-electron chi connectivity index (χ2n) is 2.84. The molecule has 0 bridgehead atoms. The smallest absolute Gasteiger partial charge is 0.224 e. The molecule has 1 aromatic heterocycles. The van der Waals surface area contributed by atoms with Crippen LogP contribution < -0.4 is 5.32 Å². The molecule has 1 aromatic rings. The highest BCUT2D eigenvalue weighted by Crippen LogP contribution is 2.10. The molecular weight excluding hydrogens is 408 g/mol. The summed E-state index contributed by atoms with van der Waals surface area (Å²) in [5, 5.41) is 3.17. The van der Waals surface area contributed by atoms with E-state index >= 15 is 0 Å². The van der Waals surface area contributed by atoms with Gasteiger partial charge >= 0.3 is 0 Å². The standard InChI is InChI=1S/C8H11I2N3O/c1-5(4-14-2)11-8-12-6(9)3-7(10)13-8/h3,5H,4H2,1-2H3,(H,11,12,13). The van der Waals surface area contributed by atoms with Crippen molar-refractivity contribution in [3.63, 3.8) is 0 Å². The summed E-state index contributed by atoms with van der Waals surface area (Å²) in [5.41, 5.74) is 0. The maximum absolute atomic E-state index is 5.01. The lowest BCUT2D eigenvalue weighted by Gasteiger charge is -2.12. The Hall–Kier alpha value is 0.300. The molecule has 14 heavy (non-hydrogen) atoms. The predicted molar refractivity (Wildman–Crippen MR) is 72.4 cm³/mol. The minimum Gasteiger partial charge on any atom is -0.383 e. The van der Waals surface area contributed by atoms with Crippen molar-refractivity contribution in [2.75, 3.05) is 19.0 Å². The predicted octanol–water partition coefficient (Wildman–Crippen LogP) is 2.13. The van der Waals surface area contributed by atoms with Crippen LogP contribution >= 0.6 is 45.2 Å². The number of halogens is 2. The van der Waals surface area contributed by atoms with Gasteiger partial charge in [0.05, 0.1) is 6.61 Å². The summed E-state index contributed by atoms with van der Waals surface area (Å²) in [6.07, 6.45) is 0. The van der Waals surface area contributed by atoms with E-state index in [0.717, 1.165) is 7.40 Å². The molecular formula is C8H11I2N3O. The van der Waals surface area contributed by atoms with Crippen molar-refractivity contribution in [2.24, 2.45) is 0 Å². The van der Waals surface area contributed by atoms with Gasteiger partial charge in [-0.1, -0.05) is 0 Å². The van der Waals surface area contributed by atoms with Crippen LogP contribution in [0.4, 0.5) is 5.95 Å². The van der Waals surface area contributed by atoms with Gasteiger partial charge in [0, 0.05) is 19.2 Å². The number of hydrogen-bond acceptors (Lipinski definition) is 4. The van der Waals surface area contributed by atoms with Gasteiger partial charge in [0.15, 0.2) is 0 Å². The molecule has 4 nitrogen and oxygen atoms in total. The SMILES string of the molecule is COCC(C)Nc1nc(I)cc(I)n1. The van der Waals surface area contributed by atoms with Crippen molar-refractivity contribution in [2.45, 2.75) is 13.0 Å². The molecule has 0 aromatic carbocycles. The van der Waals surface area contributed by atoms with Crippen LogP contribution in [0.2, 0.25) is 0 Å². The summed E-state index contributed by atoms with van der Waals surface area (Å²) in [5.74, 6) is 0.658. The topological polar surface area (TPSA) is 47.0 Å². The molecule has 0 amide bonds. The second-order valence-corrected chi connectivity index (χ2v) is 5.05. The highest BCUT2D eigenvalue weighted by atomic mass is 127. The zero-order valence-corrected chi connectivity index (χ0v) is 12.2. The minimum atomic E-state index is 0.217. The van der Waals surface area contributed by atoms with Gasteiger partial charge in [0.1, 0.15) is 7.40 Å². The van der Waals surface area contributed by atoms with Gasteiger partial charge in [0.2, 0.25) is 5.95 Å². The van der Waals surface area contributed by atoms with Gasteiger partial charge in [-0.3, -0.25) is 0 Å². The Morgan fingerprint density at radius 1 is 1.43 bits per heavy atom. The Morgan fingerprint density at radius 2 is 2.00 bits per heavy atom. The number of hydrogen-bond donors (Lipinski definition) is 1. The molecule has 0 saturated carbocycles. The van der Waals surface area contributed by atoms with E-state index in [1.807, 2.05) is 13.0 Å². The molecule has 0 aliphatic rings. The Kier molecular flexibility index (Phi) is 5.31. The first-order valence-corrected chi connectivity index (χ1v) is 6.23. The van der Waals surface area contributed by atoms with E-state index in [0.29, 0.717) is 12.6 Å². The number of aromatic nitrogens is 2. The summed E-state index contributed by atoms with van der Waals surface area (Å²) in [4.78, 5) is 8.52.